The third-order valence-electron chi connectivity index (χ3n) is 5.39. The van der Waals surface area contributed by atoms with Gasteiger partial charge in [-0.1, -0.05) is 29.8 Å². The second kappa shape index (κ2) is 8.17. The van der Waals surface area contributed by atoms with Gasteiger partial charge in [-0.05, 0) is 43.5 Å². The number of aryl methyl sites for hydroxylation is 1. The molecule has 0 atom stereocenters. The molecule has 4 rings (SSSR count). The number of sulfonamides is 1. The van der Waals surface area contributed by atoms with Crippen molar-refractivity contribution in [3.8, 4) is 0 Å². The van der Waals surface area contributed by atoms with E-state index in [1.54, 1.807) is 12.1 Å². The van der Waals surface area contributed by atoms with E-state index in [-0.39, 0.29) is 12.1 Å². The summed E-state index contributed by atoms with van der Waals surface area (Å²) in [5, 5.41) is 0.742. The lowest BCUT2D eigenvalue weighted by molar-refractivity contribution is 0.0107. The van der Waals surface area contributed by atoms with Crippen LogP contribution < -0.4 is 11.5 Å². The summed E-state index contributed by atoms with van der Waals surface area (Å²) < 4.78 is 33.3. The first-order valence-corrected chi connectivity index (χ1v) is 11.3. The first kappa shape index (κ1) is 20.5. The molecule has 4 N–H and O–H groups in total. The molecule has 0 unspecified atom stereocenters. The van der Waals surface area contributed by atoms with Crippen LogP contribution in [0.5, 0.6) is 0 Å². The summed E-state index contributed by atoms with van der Waals surface area (Å²) in [6, 6.07) is 12.6. The number of fused-ring (bicyclic) bond motifs is 1. The van der Waals surface area contributed by atoms with E-state index in [9.17, 15) is 8.42 Å². The molecular formula is C21H25N5O3S. The van der Waals surface area contributed by atoms with E-state index in [2.05, 4.69) is 9.97 Å². The highest BCUT2D eigenvalue weighted by atomic mass is 32.2. The van der Waals surface area contributed by atoms with Crippen molar-refractivity contribution in [2.45, 2.75) is 37.4 Å². The van der Waals surface area contributed by atoms with Crippen molar-refractivity contribution in [1.82, 2.24) is 14.3 Å². The Labute approximate surface area is 175 Å². The number of ether oxygens (including phenoxy) is 1. The standard InChI is InChI=1S/C21H25N5O3S/c1-14-5-7-17(8-6-14)30(27,28)26-11-9-16(10-12-26)29-13-15-3-2-4-18-19(15)20(22)25-21(23)24-18/h2-8,16H,9-13H2,1H3,(H4,22,23,24,25). The quantitative estimate of drug-likeness (QED) is 0.641. The maximum atomic E-state index is 12.8. The number of piperidine rings is 1. The largest absolute Gasteiger partial charge is 0.383 e. The molecular weight excluding hydrogens is 402 g/mol. The zero-order chi connectivity index (χ0) is 21.3. The van der Waals surface area contributed by atoms with Crippen LogP contribution in [-0.2, 0) is 21.4 Å². The van der Waals surface area contributed by atoms with E-state index in [1.807, 2.05) is 37.3 Å². The van der Waals surface area contributed by atoms with Gasteiger partial charge >= 0.3 is 0 Å². The van der Waals surface area contributed by atoms with Crippen LogP contribution in [0.25, 0.3) is 10.9 Å². The minimum absolute atomic E-state index is 0.0272. The highest BCUT2D eigenvalue weighted by Gasteiger charge is 2.29. The topological polar surface area (TPSA) is 124 Å². The molecule has 3 aromatic rings. The summed E-state index contributed by atoms with van der Waals surface area (Å²) in [4.78, 5) is 8.60. The Hall–Kier alpha value is -2.75. The van der Waals surface area contributed by atoms with Crippen molar-refractivity contribution in [2.75, 3.05) is 24.6 Å². The lowest BCUT2D eigenvalue weighted by atomic mass is 10.1. The molecule has 8 nitrogen and oxygen atoms in total. The van der Waals surface area contributed by atoms with Gasteiger partial charge in [0.2, 0.25) is 16.0 Å². The lowest BCUT2D eigenvalue weighted by Gasteiger charge is -2.31. The molecule has 2 heterocycles. The maximum Gasteiger partial charge on any atom is 0.243 e. The van der Waals surface area contributed by atoms with E-state index in [4.69, 9.17) is 16.2 Å². The van der Waals surface area contributed by atoms with E-state index < -0.39 is 10.0 Å². The van der Waals surface area contributed by atoms with Gasteiger partial charge in [-0.3, -0.25) is 0 Å². The Morgan fingerprint density at radius 1 is 1.07 bits per heavy atom. The van der Waals surface area contributed by atoms with Crippen molar-refractivity contribution in [1.29, 1.82) is 0 Å². The Kier molecular flexibility index (Phi) is 5.59. The van der Waals surface area contributed by atoms with Gasteiger partial charge in [0.25, 0.3) is 0 Å². The van der Waals surface area contributed by atoms with Crippen LogP contribution in [0.1, 0.15) is 24.0 Å². The molecule has 1 aliphatic heterocycles. The van der Waals surface area contributed by atoms with E-state index in [1.165, 1.54) is 4.31 Å². The normalized spacial score (nSPS) is 16.2. The summed E-state index contributed by atoms with van der Waals surface area (Å²) in [7, 11) is -3.47. The summed E-state index contributed by atoms with van der Waals surface area (Å²) >= 11 is 0. The van der Waals surface area contributed by atoms with Crippen LogP contribution >= 0.6 is 0 Å². The fourth-order valence-electron chi connectivity index (χ4n) is 3.73. The van der Waals surface area contributed by atoms with Gasteiger partial charge in [0.1, 0.15) is 5.82 Å². The number of nitrogens with zero attached hydrogens (tertiary/aromatic N) is 3. The van der Waals surface area contributed by atoms with E-state index in [0.29, 0.717) is 48.8 Å². The number of benzene rings is 2. The molecule has 1 saturated heterocycles. The molecule has 0 aliphatic carbocycles. The molecule has 1 aromatic heterocycles. The van der Waals surface area contributed by atoms with Crippen LogP contribution in [-0.4, -0.2) is 41.9 Å². The average Bonchev–Trinajstić information content (AvgIpc) is 2.72. The minimum atomic E-state index is -3.47. The molecule has 0 amide bonds. The third kappa shape index (κ3) is 4.09. The van der Waals surface area contributed by atoms with E-state index in [0.717, 1.165) is 16.5 Å². The zero-order valence-corrected chi connectivity index (χ0v) is 17.6. The van der Waals surface area contributed by atoms with Gasteiger partial charge in [0.05, 0.1) is 23.1 Å². The van der Waals surface area contributed by atoms with Crippen LogP contribution in [0.4, 0.5) is 11.8 Å². The molecule has 0 saturated carbocycles. The van der Waals surface area contributed by atoms with Gasteiger partial charge in [-0.15, -0.1) is 0 Å². The molecule has 0 radical (unpaired) electrons. The summed E-state index contributed by atoms with van der Waals surface area (Å²) in [6.07, 6.45) is 1.24. The Balaban J connectivity index is 1.40. The number of nitrogen functional groups attached to an aromatic ring is 2. The number of anilines is 2. The fourth-order valence-corrected chi connectivity index (χ4v) is 5.20. The predicted molar refractivity (Wildman–Crippen MR) is 116 cm³/mol. The number of nitrogens with two attached hydrogens (primary N) is 2. The molecule has 158 valence electrons. The molecule has 1 aliphatic rings. The lowest BCUT2D eigenvalue weighted by Crippen LogP contribution is -2.40. The molecule has 30 heavy (non-hydrogen) atoms. The van der Waals surface area contributed by atoms with Crippen molar-refractivity contribution in [3.05, 3.63) is 53.6 Å². The van der Waals surface area contributed by atoms with Crippen molar-refractivity contribution in [2.24, 2.45) is 0 Å². The highest BCUT2D eigenvalue weighted by molar-refractivity contribution is 7.89. The number of hydrogen-bond donors (Lipinski definition) is 2. The maximum absolute atomic E-state index is 12.8. The van der Waals surface area contributed by atoms with Gasteiger partial charge in [-0.2, -0.15) is 9.29 Å². The van der Waals surface area contributed by atoms with Crippen LogP contribution in [0.2, 0.25) is 0 Å². The number of aromatic nitrogens is 2. The van der Waals surface area contributed by atoms with Crippen molar-refractivity contribution >= 4 is 32.7 Å². The first-order chi connectivity index (χ1) is 14.3. The number of rotatable bonds is 5. The smallest absolute Gasteiger partial charge is 0.243 e. The van der Waals surface area contributed by atoms with Gasteiger partial charge in [-0.25, -0.2) is 13.4 Å². The zero-order valence-electron chi connectivity index (χ0n) is 16.8. The number of hydrogen-bond acceptors (Lipinski definition) is 7. The minimum Gasteiger partial charge on any atom is -0.383 e. The third-order valence-corrected chi connectivity index (χ3v) is 7.30. The predicted octanol–water partition coefficient (Wildman–Crippen LogP) is 2.47. The molecule has 2 aromatic carbocycles. The van der Waals surface area contributed by atoms with Gasteiger partial charge < -0.3 is 16.2 Å². The SMILES string of the molecule is Cc1ccc(S(=O)(=O)N2CCC(OCc3cccc4nc(N)nc(N)c34)CC2)cc1. The first-order valence-electron chi connectivity index (χ1n) is 9.83. The summed E-state index contributed by atoms with van der Waals surface area (Å²) in [6.45, 7) is 3.14. The van der Waals surface area contributed by atoms with Crippen LogP contribution in [0.15, 0.2) is 47.4 Å². The monoisotopic (exact) mass is 427 g/mol. The Bertz CT molecular complexity index is 1160. The molecule has 0 bridgehead atoms. The van der Waals surface area contributed by atoms with Gasteiger partial charge in [0, 0.05) is 18.5 Å². The fraction of sp³-hybridized carbons (Fsp3) is 0.333. The summed E-state index contributed by atoms with van der Waals surface area (Å²) in [5.74, 6) is 0.468. The Morgan fingerprint density at radius 2 is 1.77 bits per heavy atom. The average molecular weight is 428 g/mol. The van der Waals surface area contributed by atoms with Gasteiger partial charge in [0.15, 0.2) is 0 Å². The second-order valence-corrected chi connectivity index (χ2v) is 9.44. The summed E-state index contributed by atoms with van der Waals surface area (Å²) in [5.41, 5.74) is 14.3. The Morgan fingerprint density at radius 3 is 2.47 bits per heavy atom. The van der Waals surface area contributed by atoms with Crippen molar-refractivity contribution in [3.63, 3.8) is 0 Å². The van der Waals surface area contributed by atoms with Crippen LogP contribution in [0, 0.1) is 6.92 Å². The second-order valence-electron chi connectivity index (χ2n) is 7.51. The molecule has 9 heteroatoms. The molecule has 0 spiro atoms. The van der Waals surface area contributed by atoms with Crippen LogP contribution in [0.3, 0.4) is 0 Å². The van der Waals surface area contributed by atoms with Crippen molar-refractivity contribution < 1.29 is 13.2 Å². The highest BCUT2D eigenvalue weighted by Crippen LogP contribution is 2.26. The molecule has 1 fully saturated rings. The van der Waals surface area contributed by atoms with E-state index >= 15 is 0 Å².